The zero-order valence-electron chi connectivity index (χ0n) is 19.3. The Balaban J connectivity index is 1.45. The number of aromatic carboxylic acids is 1. The van der Waals surface area contributed by atoms with Crippen LogP contribution in [-0.4, -0.2) is 22.9 Å². The number of anilines is 2. The molecule has 0 heterocycles. The summed E-state index contributed by atoms with van der Waals surface area (Å²) in [5, 5.41) is 14.5. The Labute approximate surface area is 209 Å². The van der Waals surface area contributed by atoms with Crippen molar-refractivity contribution in [2.75, 3.05) is 10.6 Å². The van der Waals surface area contributed by atoms with Gasteiger partial charge in [0.25, 0.3) is 0 Å². The first-order valence-corrected chi connectivity index (χ1v) is 12.6. The second-order valence-electron chi connectivity index (χ2n) is 8.63. The first-order chi connectivity index (χ1) is 17.0. The predicted octanol–water partition coefficient (Wildman–Crippen LogP) is 6.38. The van der Waals surface area contributed by atoms with Crippen molar-refractivity contribution in [2.24, 2.45) is 5.92 Å². The Kier molecular flexibility index (Phi) is 8.21. The quantitative estimate of drug-likeness (QED) is 0.320. The van der Waals surface area contributed by atoms with Gasteiger partial charge in [0, 0.05) is 22.2 Å². The summed E-state index contributed by atoms with van der Waals surface area (Å²) in [4.78, 5) is 37.7. The highest BCUT2D eigenvalue weighted by Crippen LogP contribution is 2.37. The molecule has 1 unspecified atom stereocenters. The van der Waals surface area contributed by atoms with Gasteiger partial charge in [0.15, 0.2) is 0 Å². The summed E-state index contributed by atoms with van der Waals surface area (Å²) in [6.07, 6.45) is 5.33. The number of hydrogen-bond donors (Lipinski definition) is 3. The second-order valence-corrected chi connectivity index (χ2v) is 9.81. The van der Waals surface area contributed by atoms with Crippen molar-refractivity contribution in [3.63, 3.8) is 0 Å². The molecule has 1 atom stereocenters. The molecule has 2 amide bonds. The van der Waals surface area contributed by atoms with Crippen LogP contribution in [0.25, 0.3) is 0 Å². The van der Waals surface area contributed by atoms with E-state index in [4.69, 9.17) is 5.11 Å². The Morgan fingerprint density at radius 1 is 0.771 bits per heavy atom. The zero-order chi connectivity index (χ0) is 24.6. The van der Waals surface area contributed by atoms with E-state index >= 15 is 0 Å². The lowest BCUT2D eigenvalue weighted by atomic mass is 9.88. The molecule has 6 nitrogen and oxygen atoms in total. The highest BCUT2D eigenvalue weighted by Gasteiger charge is 2.23. The molecule has 0 spiro atoms. The van der Waals surface area contributed by atoms with E-state index in [1.54, 1.807) is 12.1 Å². The van der Waals surface area contributed by atoms with Crippen molar-refractivity contribution in [1.29, 1.82) is 0 Å². The number of carbonyl (C=O) groups excluding carboxylic acids is 2. The van der Waals surface area contributed by atoms with Crippen LogP contribution < -0.4 is 10.6 Å². The van der Waals surface area contributed by atoms with Crippen LogP contribution in [0.3, 0.4) is 0 Å². The van der Waals surface area contributed by atoms with Gasteiger partial charge in [0.05, 0.1) is 5.56 Å². The second kappa shape index (κ2) is 11.7. The predicted molar refractivity (Wildman–Crippen MR) is 139 cm³/mol. The molecule has 180 valence electrons. The molecule has 1 aliphatic carbocycles. The SMILES string of the molecule is O=C(O)c1ccc(NC(=O)C(Sc2ccc(NC(=O)C3CCCCC3)cc2)c2ccccc2)cc1. The number of hydrogen-bond acceptors (Lipinski definition) is 4. The summed E-state index contributed by atoms with van der Waals surface area (Å²) in [5.41, 5.74) is 2.30. The van der Waals surface area contributed by atoms with E-state index in [0.717, 1.165) is 41.8 Å². The van der Waals surface area contributed by atoms with Crippen LogP contribution in [0.5, 0.6) is 0 Å². The van der Waals surface area contributed by atoms with Crippen LogP contribution in [0.4, 0.5) is 11.4 Å². The topological polar surface area (TPSA) is 95.5 Å². The summed E-state index contributed by atoms with van der Waals surface area (Å²) in [7, 11) is 0. The Morgan fingerprint density at radius 3 is 2.00 bits per heavy atom. The Hall–Kier alpha value is -3.58. The molecule has 0 aromatic heterocycles. The summed E-state index contributed by atoms with van der Waals surface area (Å²) in [6, 6.07) is 23.1. The first-order valence-electron chi connectivity index (χ1n) is 11.8. The summed E-state index contributed by atoms with van der Waals surface area (Å²) < 4.78 is 0. The van der Waals surface area contributed by atoms with Gasteiger partial charge < -0.3 is 15.7 Å². The van der Waals surface area contributed by atoms with E-state index in [9.17, 15) is 14.4 Å². The molecule has 3 N–H and O–H groups in total. The van der Waals surface area contributed by atoms with E-state index in [2.05, 4.69) is 10.6 Å². The number of thioether (sulfide) groups is 1. The maximum absolute atomic E-state index is 13.2. The monoisotopic (exact) mass is 488 g/mol. The van der Waals surface area contributed by atoms with Gasteiger partial charge in [-0.05, 0) is 66.9 Å². The van der Waals surface area contributed by atoms with E-state index < -0.39 is 11.2 Å². The average molecular weight is 489 g/mol. The van der Waals surface area contributed by atoms with Crippen molar-refractivity contribution in [1.82, 2.24) is 0 Å². The molecular formula is C28H28N2O4S. The normalized spacial score (nSPS) is 14.6. The minimum Gasteiger partial charge on any atom is -0.478 e. The maximum Gasteiger partial charge on any atom is 0.335 e. The number of benzene rings is 3. The molecular weight excluding hydrogens is 460 g/mol. The zero-order valence-corrected chi connectivity index (χ0v) is 20.1. The number of nitrogens with one attached hydrogen (secondary N) is 2. The third-order valence-electron chi connectivity index (χ3n) is 6.09. The number of rotatable bonds is 8. The van der Waals surface area contributed by atoms with Crippen molar-refractivity contribution in [2.45, 2.75) is 42.2 Å². The van der Waals surface area contributed by atoms with Crippen molar-refractivity contribution in [3.8, 4) is 0 Å². The van der Waals surface area contributed by atoms with Crippen LogP contribution in [0.1, 0.15) is 53.3 Å². The highest BCUT2D eigenvalue weighted by molar-refractivity contribution is 8.00. The van der Waals surface area contributed by atoms with E-state index in [0.29, 0.717) is 5.69 Å². The van der Waals surface area contributed by atoms with Gasteiger partial charge in [0.2, 0.25) is 11.8 Å². The van der Waals surface area contributed by atoms with Crippen LogP contribution in [0, 0.1) is 5.92 Å². The molecule has 0 bridgehead atoms. The molecule has 3 aromatic carbocycles. The molecule has 3 aromatic rings. The highest BCUT2D eigenvalue weighted by atomic mass is 32.2. The molecule has 35 heavy (non-hydrogen) atoms. The molecule has 1 aliphatic rings. The van der Waals surface area contributed by atoms with Crippen molar-refractivity contribution in [3.05, 3.63) is 90.0 Å². The van der Waals surface area contributed by atoms with Crippen LogP contribution in [0.15, 0.2) is 83.8 Å². The van der Waals surface area contributed by atoms with E-state index in [1.807, 2.05) is 54.6 Å². The Bertz CT molecular complexity index is 1160. The minimum atomic E-state index is -1.01. The Morgan fingerprint density at radius 2 is 1.37 bits per heavy atom. The lowest BCUT2D eigenvalue weighted by Crippen LogP contribution is -2.24. The average Bonchev–Trinajstić information content (AvgIpc) is 2.89. The van der Waals surface area contributed by atoms with Crippen molar-refractivity contribution < 1.29 is 19.5 Å². The molecule has 0 aliphatic heterocycles. The van der Waals surface area contributed by atoms with Crippen molar-refractivity contribution >= 4 is 40.9 Å². The smallest absolute Gasteiger partial charge is 0.335 e. The van der Waals surface area contributed by atoms with Gasteiger partial charge in [-0.2, -0.15) is 0 Å². The lowest BCUT2D eigenvalue weighted by molar-refractivity contribution is -0.120. The minimum absolute atomic E-state index is 0.0839. The largest absolute Gasteiger partial charge is 0.478 e. The summed E-state index contributed by atoms with van der Waals surface area (Å²) in [5.74, 6) is -1.05. The third kappa shape index (κ3) is 6.73. The van der Waals surface area contributed by atoms with E-state index in [-0.39, 0.29) is 23.3 Å². The molecule has 0 radical (unpaired) electrons. The van der Waals surface area contributed by atoms with Gasteiger partial charge in [-0.15, -0.1) is 11.8 Å². The van der Waals surface area contributed by atoms with Gasteiger partial charge in [0.1, 0.15) is 5.25 Å². The maximum atomic E-state index is 13.2. The fourth-order valence-corrected chi connectivity index (χ4v) is 5.19. The lowest BCUT2D eigenvalue weighted by Gasteiger charge is -2.21. The van der Waals surface area contributed by atoms with E-state index in [1.165, 1.54) is 30.3 Å². The van der Waals surface area contributed by atoms with Crippen LogP contribution >= 0.6 is 11.8 Å². The number of carboxylic acid groups (broad SMARTS) is 1. The van der Waals surface area contributed by atoms with Crippen LogP contribution in [-0.2, 0) is 9.59 Å². The molecule has 1 saturated carbocycles. The number of carbonyl (C=O) groups is 3. The summed E-state index contributed by atoms with van der Waals surface area (Å²) >= 11 is 1.41. The van der Waals surface area contributed by atoms with Gasteiger partial charge in [-0.1, -0.05) is 49.6 Å². The molecule has 4 rings (SSSR count). The van der Waals surface area contributed by atoms with Gasteiger partial charge in [-0.25, -0.2) is 4.79 Å². The molecule has 0 saturated heterocycles. The number of carboxylic acids is 1. The standard InChI is InChI=1S/C28H28N2O4S/c31-26(20-9-5-2-6-10-20)29-23-15-17-24(18-16-23)35-25(19-7-3-1-4-8-19)27(32)30-22-13-11-21(12-14-22)28(33)34/h1,3-4,7-8,11-18,20,25H,2,5-6,9-10H2,(H,29,31)(H,30,32)(H,33,34). The molecule has 1 fully saturated rings. The fourth-order valence-electron chi connectivity index (χ4n) is 4.17. The molecule has 7 heteroatoms. The number of amides is 2. The fraction of sp³-hybridized carbons (Fsp3) is 0.250. The van der Waals surface area contributed by atoms with Gasteiger partial charge in [-0.3, -0.25) is 9.59 Å². The summed E-state index contributed by atoms with van der Waals surface area (Å²) in [6.45, 7) is 0. The van der Waals surface area contributed by atoms with Crippen LogP contribution in [0.2, 0.25) is 0 Å². The van der Waals surface area contributed by atoms with Gasteiger partial charge >= 0.3 is 5.97 Å². The third-order valence-corrected chi connectivity index (χ3v) is 7.36. The first kappa shape index (κ1) is 24.5.